The van der Waals surface area contributed by atoms with Gasteiger partial charge in [-0.1, -0.05) is 22.9 Å². The van der Waals surface area contributed by atoms with Crippen LogP contribution in [0.1, 0.15) is 18.9 Å². The molecule has 1 atom stereocenters. The predicted molar refractivity (Wildman–Crippen MR) is 78.3 cm³/mol. The van der Waals surface area contributed by atoms with Crippen LogP contribution in [-0.2, 0) is 21.3 Å². The fourth-order valence-corrected chi connectivity index (χ4v) is 3.79. The maximum absolute atomic E-state index is 14.1. The molecule has 3 N–H and O–H groups in total. The van der Waals surface area contributed by atoms with Gasteiger partial charge in [0.25, 0.3) is 0 Å². The Bertz CT molecular complexity index is 566. The van der Waals surface area contributed by atoms with E-state index in [1.54, 1.807) is 0 Å². The van der Waals surface area contributed by atoms with Gasteiger partial charge in [0.2, 0.25) is 10.0 Å². The Hall–Kier alpha value is -0.540. The standard InChI is InChI=1S/C12H18BrFN2O3S/c1-3-10(7-19-2)16-20(17,18)11-5-9(13)4-8(6-15)12(11)14/h4-5,10,16H,3,6-7,15H2,1-2H3. The zero-order valence-electron chi connectivity index (χ0n) is 11.3. The first-order valence-electron chi connectivity index (χ1n) is 6.05. The molecule has 0 aliphatic rings. The fourth-order valence-electron chi connectivity index (χ4n) is 1.68. The number of nitrogens with one attached hydrogen (secondary N) is 1. The minimum atomic E-state index is -3.97. The molecule has 1 unspecified atom stereocenters. The van der Waals surface area contributed by atoms with Gasteiger partial charge in [0.1, 0.15) is 10.7 Å². The van der Waals surface area contributed by atoms with E-state index < -0.39 is 26.8 Å². The number of ether oxygens (including phenoxy) is 1. The maximum atomic E-state index is 14.1. The Kier molecular flexibility index (Phi) is 6.53. The van der Waals surface area contributed by atoms with Crippen LogP contribution in [0.5, 0.6) is 0 Å². The lowest BCUT2D eigenvalue weighted by Crippen LogP contribution is -2.38. The van der Waals surface area contributed by atoms with Gasteiger partial charge in [0.15, 0.2) is 0 Å². The lowest BCUT2D eigenvalue weighted by Gasteiger charge is -2.17. The van der Waals surface area contributed by atoms with Crippen molar-refractivity contribution < 1.29 is 17.5 Å². The molecule has 1 aromatic rings. The van der Waals surface area contributed by atoms with Crippen LogP contribution < -0.4 is 10.5 Å². The van der Waals surface area contributed by atoms with Crippen molar-refractivity contribution in [1.82, 2.24) is 4.72 Å². The molecule has 0 bridgehead atoms. The molecule has 1 aromatic carbocycles. The SMILES string of the molecule is CCC(COC)NS(=O)(=O)c1cc(Br)cc(CN)c1F. The summed E-state index contributed by atoms with van der Waals surface area (Å²) in [4.78, 5) is -0.415. The van der Waals surface area contributed by atoms with E-state index in [-0.39, 0.29) is 18.7 Å². The lowest BCUT2D eigenvalue weighted by molar-refractivity contribution is 0.173. The normalized spacial score (nSPS) is 13.4. The molecule has 114 valence electrons. The van der Waals surface area contributed by atoms with Crippen LogP contribution in [0.3, 0.4) is 0 Å². The minimum Gasteiger partial charge on any atom is -0.383 e. The smallest absolute Gasteiger partial charge is 0.243 e. The zero-order valence-corrected chi connectivity index (χ0v) is 13.7. The summed E-state index contributed by atoms with van der Waals surface area (Å²) < 4.78 is 46.4. The summed E-state index contributed by atoms with van der Waals surface area (Å²) >= 11 is 3.16. The summed E-state index contributed by atoms with van der Waals surface area (Å²) in [6.45, 7) is 1.95. The molecule has 0 amide bonds. The highest BCUT2D eigenvalue weighted by atomic mass is 79.9. The number of hydrogen-bond acceptors (Lipinski definition) is 4. The van der Waals surface area contributed by atoms with Crippen LogP contribution in [0.25, 0.3) is 0 Å². The van der Waals surface area contributed by atoms with Crippen LogP contribution >= 0.6 is 15.9 Å². The summed E-state index contributed by atoms with van der Waals surface area (Å²) in [5, 5.41) is 0. The minimum absolute atomic E-state index is 0.0803. The van der Waals surface area contributed by atoms with Crippen LogP contribution in [0.15, 0.2) is 21.5 Å². The third-order valence-corrected chi connectivity index (χ3v) is 4.75. The van der Waals surface area contributed by atoms with E-state index in [4.69, 9.17) is 10.5 Å². The molecule has 8 heteroatoms. The zero-order chi connectivity index (χ0) is 15.3. The van der Waals surface area contributed by atoms with Crippen LogP contribution in [0, 0.1) is 5.82 Å². The van der Waals surface area contributed by atoms with Gasteiger partial charge in [0, 0.05) is 29.7 Å². The van der Waals surface area contributed by atoms with Gasteiger partial charge in [-0.3, -0.25) is 0 Å². The number of sulfonamides is 1. The van der Waals surface area contributed by atoms with Crippen molar-refractivity contribution in [3.63, 3.8) is 0 Å². The van der Waals surface area contributed by atoms with Crippen molar-refractivity contribution >= 4 is 26.0 Å². The summed E-state index contributed by atoms with van der Waals surface area (Å²) in [5.41, 5.74) is 5.55. The molecule has 0 aliphatic heterocycles. The second-order valence-corrected chi connectivity index (χ2v) is 6.86. The van der Waals surface area contributed by atoms with E-state index >= 15 is 0 Å². The molecule has 0 aromatic heterocycles. The number of halogens is 2. The van der Waals surface area contributed by atoms with Crippen molar-refractivity contribution in [3.05, 3.63) is 28.0 Å². The van der Waals surface area contributed by atoms with Gasteiger partial charge in [-0.2, -0.15) is 0 Å². The molecule has 0 fully saturated rings. The first-order valence-corrected chi connectivity index (χ1v) is 8.32. The van der Waals surface area contributed by atoms with E-state index in [1.165, 1.54) is 19.2 Å². The van der Waals surface area contributed by atoms with Crippen LogP contribution in [0.2, 0.25) is 0 Å². The van der Waals surface area contributed by atoms with Gasteiger partial charge in [-0.05, 0) is 18.6 Å². The number of nitrogens with two attached hydrogens (primary N) is 1. The first kappa shape index (κ1) is 17.5. The molecule has 0 radical (unpaired) electrons. The number of rotatable bonds is 7. The van der Waals surface area contributed by atoms with Crippen molar-refractivity contribution in [2.24, 2.45) is 5.73 Å². The Morgan fingerprint density at radius 1 is 1.50 bits per heavy atom. The molecule has 0 saturated heterocycles. The number of hydrogen-bond donors (Lipinski definition) is 2. The monoisotopic (exact) mass is 368 g/mol. The molecule has 0 heterocycles. The predicted octanol–water partition coefficient (Wildman–Crippen LogP) is 1.75. The Labute approximate surface area is 126 Å². The molecular formula is C12H18BrFN2O3S. The van der Waals surface area contributed by atoms with Gasteiger partial charge < -0.3 is 10.5 Å². The quantitative estimate of drug-likeness (QED) is 0.767. The summed E-state index contributed by atoms with van der Waals surface area (Å²) in [5.74, 6) is -0.824. The van der Waals surface area contributed by atoms with Gasteiger partial charge in [0.05, 0.1) is 6.61 Å². The van der Waals surface area contributed by atoms with Crippen LogP contribution in [0.4, 0.5) is 4.39 Å². The Morgan fingerprint density at radius 2 is 2.15 bits per heavy atom. The highest BCUT2D eigenvalue weighted by molar-refractivity contribution is 9.10. The Balaban J connectivity index is 3.18. The fraction of sp³-hybridized carbons (Fsp3) is 0.500. The molecule has 1 rings (SSSR count). The van der Waals surface area contributed by atoms with Gasteiger partial charge >= 0.3 is 0 Å². The number of benzene rings is 1. The molecule has 20 heavy (non-hydrogen) atoms. The van der Waals surface area contributed by atoms with Gasteiger partial charge in [-0.25, -0.2) is 17.5 Å². The number of methoxy groups -OCH3 is 1. The van der Waals surface area contributed by atoms with E-state index in [1.807, 2.05) is 6.92 Å². The van der Waals surface area contributed by atoms with E-state index in [0.29, 0.717) is 10.9 Å². The third-order valence-electron chi connectivity index (χ3n) is 2.77. The van der Waals surface area contributed by atoms with Gasteiger partial charge in [-0.15, -0.1) is 0 Å². The second-order valence-electron chi connectivity index (χ2n) is 4.26. The highest BCUT2D eigenvalue weighted by Gasteiger charge is 2.24. The van der Waals surface area contributed by atoms with Crippen molar-refractivity contribution in [3.8, 4) is 0 Å². The lowest BCUT2D eigenvalue weighted by atomic mass is 10.2. The van der Waals surface area contributed by atoms with Crippen LogP contribution in [-0.4, -0.2) is 28.2 Å². The third kappa shape index (κ3) is 4.23. The average molecular weight is 369 g/mol. The molecule has 0 spiro atoms. The van der Waals surface area contributed by atoms with Crippen molar-refractivity contribution in [1.29, 1.82) is 0 Å². The average Bonchev–Trinajstić information content (AvgIpc) is 2.40. The van der Waals surface area contributed by atoms with Crippen molar-refractivity contribution in [2.75, 3.05) is 13.7 Å². The summed E-state index contributed by atoms with van der Waals surface area (Å²) in [6.07, 6.45) is 0.534. The van der Waals surface area contributed by atoms with Crippen molar-refractivity contribution in [2.45, 2.75) is 30.8 Å². The van der Waals surface area contributed by atoms with E-state index in [9.17, 15) is 12.8 Å². The molecular weight excluding hydrogens is 351 g/mol. The van der Waals surface area contributed by atoms with E-state index in [2.05, 4.69) is 20.7 Å². The molecule has 0 aliphatic carbocycles. The first-order chi connectivity index (χ1) is 9.35. The molecule has 0 saturated carbocycles. The highest BCUT2D eigenvalue weighted by Crippen LogP contribution is 2.24. The maximum Gasteiger partial charge on any atom is 0.243 e. The Morgan fingerprint density at radius 3 is 2.65 bits per heavy atom. The van der Waals surface area contributed by atoms with E-state index in [0.717, 1.165) is 0 Å². The topological polar surface area (TPSA) is 81.4 Å². The largest absolute Gasteiger partial charge is 0.383 e. The molecule has 5 nitrogen and oxygen atoms in total. The summed E-state index contributed by atoms with van der Waals surface area (Å²) in [6, 6.07) is 2.27. The summed E-state index contributed by atoms with van der Waals surface area (Å²) in [7, 11) is -2.49. The second kappa shape index (κ2) is 7.46.